The van der Waals surface area contributed by atoms with E-state index in [1.807, 2.05) is 24.3 Å². The quantitative estimate of drug-likeness (QED) is 0.826. The van der Waals surface area contributed by atoms with Crippen molar-refractivity contribution in [3.8, 4) is 0 Å². The Morgan fingerprint density at radius 1 is 1.42 bits per heavy atom. The van der Waals surface area contributed by atoms with Gasteiger partial charge < -0.3 is 10.8 Å². The lowest BCUT2D eigenvalue weighted by molar-refractivity contribution is 0.267. The Balaban J connectivity index is 2.92. The molecule has 0 aromatic heterocycles. The van der Waals surface area contributed by atoms with E-state index in [0.29, 0.717) is 6.54 Å². The molecule has 0 saturated carbocycles. The largest absolute Gasteiger partial charge is 0.396 e. The molecule has 0 aliphatic rings. The van der Waals surface area contributed by atoms with Crippen molar-refractivity contribution in [3.63, 3.8) is 0 Å². The van der Waals surface area contributed by atoms with Crippen LogP contribution in [0.25, 0.3) is 0 Å². The summed E-state index contributed by atoms with van der Waals surface area (Å²) in [6.45, 7) is 0.568. The van der Waals surface area contributed by atoms with Gasteiger partial charge >= 0.3 is 0 Å². The summed E-state index contributed by atoms with van der Waals surface area (Å²) in [5.74, 6) is 0.0422. The van der Waals surface area contributed by atoms with Crippen molar-refractivity contribution in [2.75, 3.05) is 13.2 Å². The van der Waals surface area contributed by atoms with E-state index in [9.17, 15) is 0 Å². The van der Waals surface area contributed by atoms with Gasteiger partial charge in [0.25, 0.3) is 0 Å². The van der Waals surface area contributed by atoms with Crippen molar-refractivity contribution >= 4 is 15.9 Å². The Morgan fingerprint density at radius 2 is 2.08 bits per heavy atom. The van der Waals surface area contributed by atoms with Gasteiger partial charge in [0.2, 0.25) is 0 Å². The van der Waals surface area contributed by atoms with E-state index in [2.05, 4.69) is 15.9 Å². The second kappa shape index (κ2) is 4.60. The van der Waals surface area contributed by atoms with Crippen molar-refractivity contribution in [1.29, 1.82) is 0 Å². The maximum Gasteiger partial charge on any atom is 0.0512 e. The predicted molar refractivity (Wildman–Crippen MR) is 53.0 cm³/mol. The van der Waals surface area contributed by atoms with Gasteiger partial charge in [0, 0.05) is 16.9 Å². The van der Waals surface area contributed by atoms with E-state index in [1.165, 1.54) is 0 Å². The first-order valence-electron chi connectivity index (χ1n) is 3.85. The first kappa shape index (κ1) is 9.71. The third-order valence-electron chi connectivity index (χ3n) is 1.85. The third-order valence-corrected chi connectivity index (χ3v) is 2.57. The first-order valence-corrected chi connectivity index (χ1v) is 4.64. The summed E-state index contributed by atoms with van der Waals surface area (Å²) in [6, 6.07) is 7.81. The number of hydrogen-bond donors (Lipinski definition) is 2. The van der Waals surface area contributed by atoms with Crippen LogP contribution in [-0.4, -0.2) is 18.3 Å². The van der Waals surface area contributed by atoms with Gasteiger partial charge in [0.15, 0.2) is 0 Å². The highest BCUT2D eigenvalue weighted by atomic mass is 79.9. The Bertz CT molecular complexity index is 248. The number of aliphatic hydroxyl groups is 1. The molecule has 2 nitrogen and oxygen atoms in total. The van der Waals surface area contributed by atoms with Gasteiger partial charge in [0.05, 0.1) is 6.61 Å². The van der Waals surface area contributed by atoms with Crippen LogP contribution in [0.1, 0.15) is 11.5 Å². The molecular weight excluding hydrogens is 218 g/mol. The van der Waals surface area contributed by atoms with E-state index in [4.69, 9.17) is 10.8 Å². The zero-order valence-corrected chi connectivity index (χ0v) is 8.29. The molecule has 0 aliphatic carbocycles. The number of aliphatic hydroxyl groups excluding tert-OH is 1. The fraction of sp³-hybridized carbons (Fsp3) is 0.333. The normalized spacial score (nSPS) is 12.9. The van der Waals surface area contributed by atoms with Gasteiger partial charge in [-0.1, -0.05) is 34.1 Å². The Morgan fingerprint density at radius 3 is 2.58 bits per heavy atom. The second-order valence-corrected chi connectivity index (χ2v) is 3.49. The average Bonchev–Trinajstić information content (AvgIpc) is 2.10. The molecule has 1 aromatic rings. The monoisotopic (exact) mass is 229 g/mol. The number of rotatable bonds is 3. The van der Waals surface area contributed by atoms with Crippen LogP contribution in [0.15, 0.2) is 28.7 Å². The summed E-state index contributed by atoms with van der Waals surface area (Å²) >= 11 is 3.41. The molecule has 3 heteroatoms. The SMILES string of the molecule is NCC(CO)c1ccccc1Br. The van der Waals surface area contributed by atoms with Crippen LogP contribution in [0, 0.1) is 0 Å². The van der Waals surface area contributed by atoms with Crippen LogP contribution in [0.2, 0.25) is 0 Å². The van der Waals surface area contributed by atoms with E-state index >= 15 is 0 Å². The first-order chi connectivity index (χ1) is 5.79. The van der Waals surface area contributed by atoms with Crippen molar-refractivity contribution in [2.24, 2.45) is 5.73 Å². The zero-order chi connectivity index (χ0) is 8.97. The van der Waals surface area contributed by atoms with Crippen LogP contribution < -0.4 is 5.73 Å². The fourth-order valence-electron chi connectivity index (χ4n) is 1.11. The number of halogens is 1. The molecule has 1 unspecified atom stereocenters. The Labute approximate surface area is 80.5 Å². The lowest BCUT2D eigenvalue weighted by Gasteiger charge is -2.13. The molecule has 1 aromatic carbocycles. The molecule has 0 aliphatic heterocycles. The third kappa shape index (κ3) is 2.06. The molecule has 0 amide bonds. The number of hydrogen-bond acceptors (Lipinski definition) is 2. The van der Waals surface area contributed by atoms with Crippen molar-refractivity contribution in [1.82, 2.24) is 0 Å². The molecule has 0 bridgehead atoms. The second-order valence-electron chi connectivity index (χ2n) is 2.64. The van der Waals surface area contributed by atoms with Gasteiger partial charge in [-0.3, -0.25) is 0 Å². The maximum absolute atomic E-state index is 9.00. The number of benzene rings is 1. The molecule has 1 rings (SSSR count). The molecule has 0 radical (unpaired) electrons. The average molecular weight is 230 g/mol. The maximum atomic E-state index is 9.00. The Hall–Kier alpha value is -0.380. The molecule has 0 saturated heterocycles. The molecule has 0 spiro atoms. The summed E-state index contributed by atoms with van der Waals surface area (Å²) in [6.07, 6.45) is 0. The van der Waals surface area contributed by atoms with Crippen molar-refractivity contribution in [3.05, 3.63) is 34.3 Å². The lowest BCUT2D eigenvalue weighted by atomic mass is 10.0. The highest BCUT2D eigenvalue weighted by Crippen LogP contribution is 2.23. The van der Waals surface area contributed by atoms with Crippen LogP contribution in [0.5, 0.6) is 0 Å². The summed E-state index contributed by atoms with van der Waals surface area (Å²) < 4.78 is 1.01. The summed E-state index contributed by atoms with van der Waals surface area (Å²) in [4.78, 5) is 0. The Kier molecular flexibility index (Phi) is 3.72. The van der Waals surface area contributed by atoms with Gasteiger partial charge in [-0.05, 0) is 11.6 Å². The van der Waals surface area contributed by atoms with Crippen LogP contribution in [-0.2, 0) is 0 Å². The van der Waals surface area contributed by atoms with Crippen LogP contribution in [0.3, 0.4) is 0 Å². The molecule has 1 atom stereocenters. The smallest absolute Gasteiger partial charge is 0.0512 e. The lowest BCUT2D eigenvalue weighted by Crippen LogP contribution is -2.16. The molecule has 0 heterocycles. The van der Waals surface area contributed by atoms with Gasteiger partial charge in [-0.25, -0.2) is 0 Å². The highest BCUT2D eigenvalue weighted by Gasteiger charge is 2.10. The molecular formula is C9H12BrNO. The zero-order valence-electron chi connectivity index (χ0n) is 6.70. The summed E-state index contributed by atoms with van der Waals surface area (Å²) in [5.41, 5.74) is 6.58. The summed E-state index contributed by atoms with van der Waals surface area (Å²) in [7, 11) is 0. The topological polar surface area (TPSA) is 46.2 Å². The molecule has 66 valence electrons. The van der Waals surface area contributed by atoms with Crippen molar-refractivity contribution in [2.45, 2.75) is 5.92 Å². The molecule has 12 heavy (non-hydrogen) atoms. The van der Waals surface area contributed by atoms with Crippen LogP contribution >= 0.6 is 15.9 Å². The standard InChI is InChI=1S/C9H12BrNO/c10-9-4-2-1-3-8(9)7(5-11)6-12/h1-4,7,12H,5-6,11H2. The highest BCUT2D eigenvalue weighted by molar-refractivity contribution is 9.10. The minimum atomic E-state index is 0.0422. The van der Waals surface area contributed by atoms with E-state index in [1.54, 1.807) is 0 Å². The van der Waals surface area contributed by atoms with Gasteiger partial charge in [-0.15, -0.1) is 0 Å². The minimum absolute atomic E-state index is 0.0422. The summed E-state index contributed by atoms with van der Waals surface area (Å²) in [5, 5.41) is 9.00. The van der Waals surface area contributed by atoms with Crippen molar-refractivity contribution < 1.29 is 5.11 Å². The van der Waals surface area contributed by atoms with E-state index < -0.39 is 0 Å². The van der Waals surface area contributed by atoms with Gasteiger partial charge in [-0.2, -0.15) is 0 Å². The minimum Gasteiger partial charge on any atom is -0.396 e. The fourth-order valence-corrected chi connectivity index (χ4v) is 1.71. The van der Waals surface area contributed by atoms with E-state index in [-0.39, 0.29) is 12.5 Å². The number of nitrogens with two attached hydrogens (primary N) is 1. The predicted octanol–water partition coefficient (Wildman–Crippen LogP) is 1.48. The van der Waals surface area contributed by atoms with Gasteiger partial charge in [0.1, 0.15) is 0 Å². The van der Waals surface area contributed by atoms with Crippen LogP contribution in [0.4, 0.5) is 0 Å². The van der Waals surface area contributed by atoms with E-state index in [0.717, 1.165) is 10.0 Å². The molecule has 0 fully saturated rings. The molecule has 3 N–H and O–H groups in total.